The summed E-state index contributed by atoms with van der Waals surface area (Å²) in [5.41, 5.74) is 0.204. The Labute approximate surface area is 190 Å². The van der Waals surface area contributed by atoms with Gasteiger partial charge in [-0.3, -0.25) is 4.90 Å². The number of carbonyl (C=O) groups is 1. The lowest BCUT2D eigenvalue weighted by molar-refractivity contribution is 0.0177. The molecule has 1 aromatic carbocycles. The molecule has 0 unspecified atom stereocenters. The number of amides is 1. The Morgan fingerprint density at radius 2 is 1.75 bits per heavy atom. The molecule has 0 spiro atoms. The van der Waals surface area contributed by atoms with Gasteiger partial charge in [0.1, 0.15) is 16.3 Å². The SMILES string of the molecule is CC(C)(C)OC(=O)N1CCC(CCN2CCN(c3ccc(S(N)(=O)=O)c(F)c3)CC2)CC1. The van der Waals surface area contributed by atoms with Gasteiger partial charge in [-0.25, -0.2) is 22.7 Å². The number of likely N-dealkylation sites (tertiary alicyclic amines) is 1. The van der Waals surface area contributed by atoms with E-state index in [2.05, 4.69) is 9.80 Å². The second-order valence-corrected chi connectivity index (χ2v) is 11.2. The summed E-state index contributed by atoms with van der Waals surface area (Å²) in [7, 11) is -4.05. The highest BCUT2D eigenvalue weighted by Gasteiger charge is 2.27. The zero-order valence-electron chi connectivity index (χ0n) is 19.2. The second kappa shape index (κ2) is 9.93. The average Bonchev–Trinajstić information content (AvgIpc) is 2.71. The van der Waals surface area contributed by atoms with Crippen LogP contribution in [0.2, 0.25) is 0 Å². The summed E-state index contributed by atoms with van der Waals surface area (Å²) in [6.07, 6.45) is 2.87. The maximum Gasteiger partial charge on any atom is 0.410 e. The molecule has 0 atom stereocenters. The maximum atomic E-state index is 14.1. The van der Waals surface area contributed by atoms with E-state index in [-0.39, 0.29) is 6.09 Å². The highest BCUT2D eigenvalue weighted by molar-refractivity contribution is 7.89. The molecule has 1 aromatic rings. The van der Waals surface area contributed by atoms with Gasteiger partial charge in [0.15, 0.2) is 0 Å². The summed E-state index contributed by atoms with van der Waals surface area (Å²) >= 11 is 0. The Morgan fingerprint density at radius 3 is 2.28 bits per heavy atom. The lowest BCUT2D eigenvalue weighted by Gasteiger charge is -2.38. The molecule has 2 saturated heterocycles. The van der Waals surface area contributed by atoms with Gasteiger partial charge in [-0.15, -0.1) is 0 Å². The molecular weight excluding hydrogens is 435 g/mol. The molecule has 0 saturated carbocycles. The number of hydrogen-bond acceptors (Lipinski definition) is 6. The number of hydrogen-bond donors (Lipinski definition) is 1. The van der Waals surface area contributed by atoms with Crippen LogP contribution in [0.4, 0.5) is 14.9 Å². The number of primary sulfonamides is 1. The molecule has 0 aromatic heterocycles. The van der Waals surface area contributed by atoms with Crippen LogP contribution in [-0.2, 0) is 14.8 Å². The van der Waals surface area contributed by atoms with E-state index in [4.69, 9.17) is 9.88 Å². The first-order chi connectivity index (χ1) is 14.9. The zero-order chi connectivity index (χ0) is 23.5. The molecule has 8 nitrogen and oxygen atoms in total. The molecular formula is C22H35FN4O4S. The lowest BCUT2D eigenvalue weighted by atomic mass is 9.93. The van der Waals surface area contributed by atoms with Crippen molar-refractivity contribution in [1.82, 2.24) is 9.80 Å². The first kappa shape index (κ1) is 24.7. The van der Waals surface area contributed by atoms with Crippen LogP contribution in [0.15, 0.2) is 23.1 Å². The van der Waals surface area contributed by atoms with E-state index in [1.165, 1.54) is 12.1 Å². The topological polar surface area (TPSA) is 96.2 Å². The Hall–Kier alpha value is -1.91. The van der Waals surface area contributed by atoms with Crippen molar-refractivity contribution in [3.05, 3.63) is 24.0 Å². The number of anilines is 1. The van der Waals surface area contributed by atoms with E-state index in [0.717, 1.165) is 65.1 Å². The number of halogens is 1. The van der Waals surface area contributed by atoms with E-state index >= 15 is 0 Å². The van der Waals surface area contributed by atoms with Crippen LogP contribution < -0.4 is 10.0 Å². The molecule has 0 bridgehead atoms. The Bertz CT molecular complexity index is 903. The van der Waals surface area contributed by atoms with E-state index in [1.54, 1.807) is 11.0 Å². The molecule has 2 heterocycles. The fourth-order valence-electron chi connectivity index (χ4n) is 4.24. The van der Waals surface area contributed by atoms with Gasteiger partial charge >= 0.3 is 6.09 Å². The molecule has 2 aliphatic rings. The van der Waals surface area contributed by atoms with Gasteiger partial charge in [0.2, 0.25) is 10.0 Å². The van der Waals surface area contributed by atoms with Crippen LogP contribution in [0, 0.1) is 11.7 Å². The number of nitrogens with zero attached hydrogens (tertiary/aromatic N) is 3. The number of nitrogens with two attached hydrogens (primary N) is 1. The first-order valence-corrected chi connectivity index (χ1v) is 12.7. The van der Waals surface area contributed by atoms with E-state index in [9.17, 15) is 17.6 Å². The van der Waals surface area contributed by atoms with Crippen LogP contribution >= 0.6 is 0 Å². The first-order valence-electron chi connectivity index (χ1n) is 11.2. The molecule has 1 amide bonds. The number of rotatable bonds is 5. The number of sulfonamides is 1. The van der Waals surface area contributed by atoms with Crippen molar-refractivity contribution in [3.8, 4) is 0 Å². The molecule has 0 radical (unpaired) electrons. The minimum atomic E-state index is -4.05. The van der Waals surface area contributed by atoms with Gasteiger partial charge in [0, 0.05) is 45.0 Å². The molecule has 2 aliphatic heterocycles. The van der Waals surface area contributed by atoms with Crippen molar-refractivity contribution in [3.63, 3.8) is 0 Å². The molecule has 32 heavy (non-hydrogen) atoms. The van der Waals surface area contributed by atoms with Crippen molar-refractivity contribution in [2.75, 3.05) is 50.7 Å². The summed E-state index contributed by atoms with van der Waals surface area (Å²) in [5, 5.41) is 5.03. The maximum absolute atomic E-state index is 14.1. The summed E-state index contributed by atoms with van der Waals surface area (Å²) in [6.45, 7) is 11.4. The standard InChI is InChI=1S/C22H35FN4O4S/c1-22(2,3)31-21(28)27-10-7-17(8-11-27)6-9-25-12-14-26(15-13-25)18-4-5-20(19(23)16-18)32(24,29)30/h4-5,16-17H,6-15H2,1-3H3,(H2,24,29,30). The Balaban J connectivity index is 1.40. The number of benzene rings is 1. The third kappa shape index (κ3) is 6.79. The molecule has 2 N–H and O–H groups in total. The largest absolute Gasteiger partial charge is 0.444 e. The normalized spacial score (nSPS) is 19.3. The van der Waals surface area contributed by atoms with E-state index in [1.807, 2.05) is 20.8 Å². The quantitative estimate of drug-likeness (QED) is 0.711. The lowest BCUT2D eigenvalue weighted by Crippen LogP contribution is -2.47. The molecule has 2 fully saturated rings. The summed E-state index contributed by atoms with van der Waals surface area (Å²) in [4.78, 5) is 18.0. The molecule has 0 aliphatic carbocycles. The van der Waals surface area contributed by atoms with Gasteiger partial charge in [-0.1, -0.05) is 0 Å². The van der Waals surface area contributed by atoms with Crippen molar-refractivity contribution in [2.24, 2.45) is 11.1 Å². The van der Waals surface area contributed by atoms with Crippen molar-refractivity contribution >= 4 is 21.8 Å². The van der Waals surface area contributed by atoms with Gasteiger partial charge in [0.05, 0.1) is 0 Å². The highest BCUT2D eigenvalue weighted by atomic mass is 32.2. The highest BCUT2D eigenvalue weighted by Crippen LogP contribution is 2.25. The number of piperazine rings is 1. The van der Waals surface area contributed by atoms with Gasteiger partial charge < -0.3 is 14.5 Å². The second-order valence-electron chi connectivity index (χ2n) is 9.69. The summed E-state index contributed by atoms with van der Waals surface area (Å²) < 4.78 is 42.4. The summed E-state index contributed by atoms with van der Waals surface area (Å²) in [5.74, 6) is -0.211. The van der Waals surface area contributed by atoms with Crippen molar-refractivity contribution in [2.45, 2.75) is 50.5 Å². The monoisotopic (exact) mass is 470 g/mol. The fraction of sp³-hybridized carbons (Fsp3) is 0.682. The third-order valence-electron chi connectivity index (χ3n) is 6.08. The minimum Gasteiger partial charge on any atom is -0.444 e. The number of carbonyl (C=O) groups excluding carboxylic acids is 1. The average molecular weight is 471 g/mol. The van der Waals surface area contributed by atoms with Crippen LogP contribution in [0.1, 0.15) is 40.0 Å². The molecule has 3 rings (SSSR count). The van der Waals surface area contributed by atoms with Crippen molar-refractivity contribution < 1.29 is 22.3 Å². The number of piperidine rings is 1. The Morgan fingerprint density at radius 1 is 1.12 bits per heavy atom. The fourth-order valence-corrected chi connectivity index (χ4v) is 4.83. The van der Waals surface area contributed by atoms with Crippen LogP contribution in [0.3, 0.4) is 0 Å². The third-order valence-corrected chi connectivity index (χ3v) is 7.02. The predicted octanol–water partition coefficient (Wildman–Crippen LogP) is 2.63. The number of ether oxygens (including phenoxy) is 1. The summed E-state index contributed by atoms with van der Waals surface area (Å²) in [6, 6.07) is 4.08. The van der Waals surface area contributed by atoms with Crippen LogP contribution in [0.25, 0.3) is 0 Å². The predicted molar refractivity (Wildman–Crippen MR) is 122 cm³/mol. The van der Waals surface area contributed by atoms with Gasteiger partial charge in [-0.2, -0.15) is 0 Å². The minimum absolute atomic E-state index is 0.222. The molecule has 10 heteroatoms. The van der Waals surface area contributed by atoms with Crippen LogP contribution in [0.5, 0.6) is 0 Å². The zero-order valence-corrected chi connectivity index (χ0v) is 20.0. The Kier molecular flexibility index (Phi) is 7.67. The van der Waals surface area contributed by atoms with Crippen molar-refractivity contribution in [1.29, 1.82) is 0 Å². The smallest absolute Gasteiger partial charge is 0.410 e. The van der Waals surface area contributed by atoms with E-state index in [0.29, 0.717) is 11.6 Å². The van der Waals surface area contributed by atoms with Gasteiger partial charge in [0.25, 0.3) is 0 Å². The molecule has 180 valence electrons. The van der Waals surface area contributed by atoms with Gasteiger partial charge in [-0.05, 0) is 70.7 Å². The van der Waals surface area contributed by atoms with E-state index < -0.39 is 26.3 Å². The van der Waals surface area contributed by atoms with Crippen LogP contribution in [-0.4, -0.2) is 75.7 Å².